The predicted molar refractivity (Wildman–Crippen MR) is 46.8 cm³/mol. The Hall–Kier alpha value is -1.62. The van der Waals surface area contributed by atoms with Gasteiger partial charge in [0.15, 0.2) is 5.43 Å². The molecular weight excluding hydrogens is 156 g/mol. The number of aromatic nitrogens is 1. The lowest BCUT2D eigenvalue weighted by atomic mass is 10.2. The van der Waals surface area contributed by atoms with E-state index in [4.69, 9.17) is 5.84 Å². The second-order valence-corrected chi connectivity index (χ2v) is 2.14. The van der Waals surface area contributed by atoms with E-state index >= 15 is 0 Å². The molecule has 0 unspecified atom stereocenters. The smallest absolute Gasteiger partial charge is 0.192 e. The molecule has 0 bridgehead atoms. The number of nitrogens with zero attached hydrogens (tertiary/aromatic N) is 1. The van der Waals surface area contributed by atoms with E-state index < -0.39 is 0 Å². The lowest BCUT2D eigenvalue weighted by Gasteiger charge is -2.01. The number of amidine groups is 1. The van der Waals surface area contributed by atoms with E-state index in [-0.39, 0.29) is 5.43 Å². The minimum absolute atomic E-state index is 0.118. The van der Waals surface area contributed by atoms with E-state index in [0.717, 1.165) is 0 Å². The molecular formula is C7H10N4O. The quantitative estimate of drug-likeness (QED) is 0.221. The van der Waals surface area contributed by atoms with Crippen LogP contribution in [0, 0.1) is 0 Å². The minimum atomic E-state index is -0.118. The summed E-state index contributed by atoms with van der Waals surface area (Å²) in [6.07, 6.45) is 3.10. The SMILES string of the molecule is CN=C(NN)c1c[nH]ccc1=O. The first-order valence-electron chi connectivity index (χ1n) is 3.40. The Morgan fingerprint density at radius 3 is 3.00 bits per heavy atom. The molecule has 0 amide bonds. The van der Waals surface area contributed by atoms with Gasteiger partial charge in [0, 0.05) is 25.5 Å². The van der Waals surface area contributed by atoms with Gasteiger partial charge in [-0.25, -0.2) is 5.84 Å². The molecule has 0 aliphatic heterocycles. The van der Waals surface area contributed by atoms with E-state index in [9.17, 15) is 4.79 Å². The molecule has 5 heteroatoms. The molecule has 0 atom stereocenters. The molecule has 64 valence electrons. The summed E-state index contributed by atoms with van der Waals surface area (Å²) in [6, 6.07) is 1.41. The Bertz CT molecular complexity index is 341. The summed E-state index contributed by atoms with van der Waals surface area (Å²) in [5, 5.41) is 0. The Balaban J connectivity index is 3.19. The normalized spacial score (nSPS) is 11.3. The third-order valence-electron chi connectivity index (χ3n) is 1.44. The van der Waals surface area contributed by atoms with E-state index in [1.165, 1.54) is 6.07 Å². The molecule has 1 heterocycles. The highest BCUT2D eigenvalue weighted by Gasteiger charge is 2.03. The number of rotatable bonds is 1. The summed E-state index contributed by atoms with van der Waals surface area (Å²) in [7, 11) is 1.56. The van der Waals surface area contributed by atoms with Crippen LogP contribution in [0.25, 0.3) is 0 Å². The first-order chi connectivity index (χ1) is 5.79. The number of hydrogen-bond acceptors (Lipinski definition) is 3. The van der Waals surface area contributed by atoms with Crippen molar-refractivity contribution in [1.82, 2.24) is 10.4 Å². The Labute approximate surface area is 69.3 Å². The van der Waals surface area contributed by atoms with Gasteiger partial charge in [-0.1, -0.05) is 0 Å². The van der Waals surface area contributed by atoms with Crippen LogP contribution in [0.5, 0.6) is 0 Å². The molecule has 0 spiro atoms. The number of hydrazine groups is 1. The molecule has 0 saturated carbocycles. The molecule has 0 fully saturated rings. The van der Waals surface area contributed by atoms with Crippen molar-refractivity contribution in [2.24, 2.45) is 10.8 Å². The molecule has 4 N–H and O–H groups in total. The summed E-state index contributed by atoms with van der Waals surface area (Å²) in [4.78, 5) is 17.8. The van der Waals surface area contributed by atoms with Crippen molar-refractivity contribution in [2.45, 2.75) is 0 Å². The number of aromatic amines is 1. The molecule has 1 aromatic rings. The first kappa shape index (κ1) is 8.48. The van der Waals surface area contributed by atoms with Crippen LogP contribution in [-0.4, -0.2) is 17.9 Å². The highest BCUT2D eigenvalue weighted by molar-refractivity contribution is 5.97. The summed E-state index contributed by atoms with van der Waals surface area (Å²) < 4.78 is 0. The Kier molecular flexibility index (Phi) is 2.60. The zero-order valence-corrected chi connectivity index (χ0v) is 6.66. The maximum absolute atomic E-state index is 11.2. The largest absolute Gasteiger partial charge is 0.367 e. The lowest BCUT2D eigenvalue weighted by Crippen LogP contribution is -2.34. The Morgan fingerprint density at radius 2 is 2.50 bits per heavy atom. The zero-order valence-electron chi connectivity index (χ0n) is 6.66. The average Bonchev–Trinajstić information content (AvgIpc) is 2.10. The van der Waals surface area contributed by atoms with Crippen molar-refractivity contribution >= 4 is 5.84 Å². The van der Waals surface area contributed by atoms with Crippen molar-refractivity contribution in [3.63, 3.8) is 0 Å². The fourth-order valence-corrected chi connectivity index (χ4v) is 0.864. The van der Waals surface area contributed by atoms with Crippen molar-refractivity contribution in [3.8, 4) is 0 Å². The van der Waals surface area contributed by atoms with Gasteiger partial charge >= 0.3 is 0 Å². The standard InChI is InChI=1S/C7H10N4O/c1-9-7(11-8)5-4-10-3-2-6(5)12/h2-4H,8H2,1H3,(H,9,11)(H,10,12). The molecule has 5 nitrogen and oxygen atoms in total. The summed E-state index contributed by atoms with van der Waals surface area (Å²) in [5.41, 5.74) is 2.65. The lowest BCUT2D eigenvalue weighted by molar-refractivity contribution is 1.01. The minimum Gasteiger partial charge on any atom is -0.367 e. The van der Waals surface area contributed by atoms with Crippen LogP contribution in [0.1, 0.15) is 5.56 Å². The van der Waals surface area contributed by atoms with Crippen LogP contribution < -0.4 is 16.7 Å². The third kappa shape index (κ3) is 1.51. The summed E-state index contributed by atoms with van der Waals surface area (Å²) in [6.45, 7) is 0. The number of hydrogen-bond donors (Lipinski definition) is 3. The van der Waals surface area contributed by atoms with Crippen molar-refractivity contribution in [2.75, 3.05) is 7.05 Å². The Morgan fingerprint density at radius 1 is 1.75 bits per heavy atom. The van der Waals surface area contributed by atoms with Crippen LogP contribution in [0.3, 0.4) is 0 Å². The van der Waals surface area contributed by atoms with Gasteiger partial charge in [0.2, 0.25) is 0 Å². The average molecular weight is 166 g/mol. The molecule has 0 aliphatic carbocycles. The molecule has 0 aromatic carbocycles. The fourth-order valence-electron chi connectivity index (χ4n) is 0.864. The summed E-state index contributed by atoms with van der Waals surface area (Å²) in [5.74, 6) is 5.52. The van der Waals surface area contributed by atoms with Crippen LogP contribution in [0.15, 0.2) is 28.2 Å². The number of nitrogens with one attached hydrogen (secondary N) is 2. The fraction of sp³-hybridized carbons (Fsp3) is 0.143. The van der Waals surface area contributed by atoms with Gasteiger partial charge in [-0.3, -0.25) is 9.79 Å². The highest BCUT2D eigenvalue weighted by Crippen LogP contribution is 1.87. The number of nitrogens with two attached hydrogens (primary N) is 1. The highest BCUT2D eigenvalue weighted by atomic mass is 16.1. The van der Waals surface area contributed by atoms with Gasteiger partial charge in [-0.2, -0.15) is 0 Å². The monoisotopic (exact) mass is 166 g/mol. The van der Waals surface area contributed by atoms with Crippen LogP contribution in [-0.2, 0) is 0 Å². The van der Waals surface area contributed by atoms with Gasteiger partial charge in [0.1, 0.15) is 5.84 Å². The number of pyridine rings is 1. The van der Waals surface area contributed by atoms with Gasteiger partial charge in [-0.15, -0.1) is 0 Å². The third-order valence-corrected chi connectivity index (χ3v) is 1.44. The van der Waals surface area contributed by atoms with Crippen molar-refractivity contribution in [1.29, 1.82) is 0 Å². The maximum Gasteiger partial charge on any atom is 0.192 e. The van der Waals surface area contributed by atoms with Gasteiger partial charge in [-0.05, 0) is 0 Å². The molecule has 0 aliphatic rings. The maximum atomic E-state index is 11.2. The molecule has 0 radical (unpaired) electrons. The van der Waals surface area contributed by atoms with Crippen LogP contribution in [0.4, 0.5) is 0 Å². The van der Waals surface area contributed by atoms with Gasteiger partial charge in [0.05, 0.1) is 5.56 Å². The number of aliphatic imine (C=N–C) groups is 1. The van der Waals surface area contributed by atoms with Crippen molar-refractivity contribution in [3.05, 3.63) is 34.2 Å². The van der Waals surface area contributed by atoms with Crippen LogP contribution >= 0.6 is 0 Å². The second-order valence-electron chi connectivity index (χ2n) is 2.14. The molecule has 12 heavy (non-hydrogen) atoms. The molecule has 0 saturated heterocycles. The van der Waals surface area contributed by atoms with E-state index in [0.29, 0.717) is 11.4 Å². The summed E-state index contributed by atoms with van der Waals surface area (Å²) >= 11 is 0. The van der Waals surface area contributed by atoms with E-state index in [2.05, 4.69) is 15.4 Å². The van der Waals surface area contributed by atoms with E-state index in [1.807, 2.05) is 0 Å². The molecule has 1 rings (SSSR count). The second kappa shape index (κ2) is 3.68. The molecule has 1 aromatic heterocycles. The van der Waals surface area contributed by atoms with Gasteiger partial charge < -0.3 is 10.4 Å². The van der Waals surface area contributed by atoms with Gasteiger partial charge in [0.25, 0.3) is 0 Å². The van der Waals surface area contributed by atoms with Crippen molar-refractivity contribution < 1.29 is 0 Å². The first-order valence-corrected chi connectivity index (χ1v) is 3.40. The van der Waals surface area contributed by atoms with Crippen LogP contribution in [0.2, 0.25) is 0 Å². The zero-order chi connectivity index (χ0) is 8.97. The number of H-pyrrole nitrogens is 1. The predicted octanol–water partition coefficient (Wildman–Crippen LogP) is -0.785. The topological polar surface area (TPSA) is 83.3 Å². The van der Waals surface area contributed by atoms with E-state index in [1.54, 1.807) is 19.4 Å².